The van der Waals surface area contributed by atoms with Gasteiger partial charge in [0, 0.05) is 13.5 Å². The number of hydrogen-bond donors (Lipinski definition) is 2. The smallest absolute Gasteiger partial charge is 0.395 e. The van der Waals surface area contributed by atoms with Crippen molar-refractivity contribution >= 4 is 28.2 Å². The van der Waals surface area contributed by atoms with Gasteiger partial charge in [0.25, 0.3) is 5.91 Å². The number of thiophene rings is 1. The molecule has 0 aromatic carbocycles. The highest BCUT2D eigenvalue weighted by molar-refractivity contribution is 7.18. The molecule has 0 aliphatic heterocycles. The number of alkyl halides is 3. The highest BCUT2D eigenvalue weighted by Gasteiger charge is 2.33. The topological polar surface area (TPSA) is 69.6 Å². The summed E-state index contributed by atoms with van der Waals surface area (Å²) in [6.45, 7) is -1.12. The highest BCUT2D eigenvalue weighted by atomic mass is 32.1. The lowest BCUT2D eigenvalue weighted by molar-refractivity contribution is -0.141. The second-order valence-corrected chi connectivity index (χ2v) is 4.99. The standard InChI is InChI=1S/C11H13F3N2O3S/c1-7(18)15-9-3-2-8(20-9)10(19)16(4-5-17)6-11(12,13)14/h2-3,17H,4-6H2,1H3,(H,15,18). The van der Waals surface area contributed by atoms with Gasteiger partial charge >= 0.3 is 6.18 Å². The van der Waals surface area contributed by atoms with Crippen LogP contribution in [-0.2, 0) is 4.79 Å². The number of aliphatic hydroxyl groups is 1. The van der Waals surface area contributed by atoms with Crippen molar-refractivity contribution in [2.24, 2.45) is 0 Å². The summed E-state index contributed by atoms with van der Waals surface area (Å²) in [6.07, 6.45) is -4.54. The van der Waals surface area contributed by atoms with Gasteiger partial charge in [0.1, 0.15) is 6.54 Å². The molecule has 0 aliphatic carbocycles. The van der Waals surface area contributed by atoms with E-state index in [1.165, 1.54) is 19.1 Å². The number of nitrogens with one attached hydrogen (secondary N) is 1. The Bertz CT molecular complexity index is 488. The SMILES string of the molecule is CC(=O)Nc1ccc(C(=O)N(CCO)CC(F)(F)F)s1. The molecule has 0 saturated heterocycles. The average Bonchev–Trinajstić information content (AvgIpc) is 2.73. The molecule has 0 aliphatic rings. The Hall–Kier alpha value is -1.61. The second kappa shape index (κ2) is 6.71. The van der Waals surface area contributed by atoms with E-state index in [0.717, 1.165) is 11.3 Å². The lowest BCUT2D eigenvalue weighted by Gasteiger charge is -2.22. The van der Waals surface area contributed by atoms with Gasteiger partial charge in [-0.05, 0) is 12.1 Å². The molecule has 2 amide bonds. The van der Waals surface area contributed by atoms with Crippen LogP contribution in [0.4, 0.5) is 18.2 Å². The van der Waals surface area contributed by atoms with E-state index in [9.17, 15) is 22.8 Å². The summed E-state index contributed by atoms with van der Waals surface area (Å²) in [5.74, 6) is -1.17. The molecular formula is C11H13F3N2O3S. The van der Waals surface area contributed by atoms with E-state index in [2.05, 4.69) is 5.32 Å². The summed E-state index contributed by atoms with van der Waals surface area (Å²) >= 11 is 0.877. The maximum Gasteiger partial charge on any atom is 0.406 e. The molecule has 0 bridgehead atoms. The molecule has 0 saturated carbocycles. The van der Waals surface area contributed by atoms with Crippen molar-refractivity contribution in [1.82, 2.24) is 4.90 Å². The van der Waals surface area contributed by atoms with Gasteiger partial charge in [-0.3, -0.25) is 9.59 Å². The zero-order valence-electron chi connectivity index (χ0n) is 10.5. The molecule has 0 atom stereocenters. The quantitative estimate of drug-likeness (QED) is 0.870. The van der Waals surface area contributed by atoms with Gasteiger partial charge in [0.15, 0.2) is 0 Å². The first-order valence-corrected chi connectivity index (χ1v) is 6.39. The zero-order chi connectivity index (χ0) is 15.3. The van der Waals surface area contributed by atoms with Crippen LogP contribution >= 0.6 is 11.3 Å². The normalized spacial score (nSPS) is 11.2. The third kappa shape index (κ3) is 5.17. The summed E-state index contributed by atoms with van der Waals surface area (Å²) in [5.41, 5.74) is 0. The average molecular weight is 310 g/mol. The van der Waals surface area contributed by atoms with E-state index in [1.807, 2.05) is 0 Å². The molecule has 1 rings (SSSR count). The number of hydrogen-bond acceptors (Lipinski definition) is 4. The number of carbonyl (C=O) groups excluding carboxylic acids is 2. The van der Waals surface area contributed by atoms with Crippen molar-refractivity contribution in [3.63, 3.8) is 0 Å². The van der Waals surface area contributed by atoms with Crippen LogP contribution in [0.3, 0.4) is 0 Å². The minimum absolute atomic E-state index is 0.0615. The maximum atomic E-state index is 12.4. The van der Waals surface area contributed by atoms with Gasteiger partial charge in [-0.25, -0.2) is 0 Å². The maximum absolute atomic E-state index is 12.4. The van der Waals surface area contributed by atoms with Gasteiger partial charge in [-0.1, -0.05) is 0 Å². The van der Waals surface area contributed by atoms with E-state index in [1.54, 1.807) is 0 Å². The fourth-order valence-corrected chi connectivity index (χ4v) is 2.36. The van der Waals surface area contributed by atoms with Crippen LogP contribution in [0.25, 0.3) is 0 Å². The Morgan fingerprint density at radius 3 is 2.55 bits per heavy atom. The van der Waals surface area contributed by atoms with Crippen LogP contribution in [0.1, 0.15) is 16.6 Å². The second-order valence-electron chi connectivity index (χ2n) is 3.91. The molecule has 5 nitrogen and oxygen atoms in total. The first kappa shape index (κ1) is 16.4. The number of rotatable bonds is 5. The van der Waals surface area contributed by atoms with Gasteiger partial charge in [-0.15, -0.1) is 11.3 Å². The number of halogens is 3. The molecule has 1 heterocycles. The van der Waals surface area contributed by atoms with Crippen molar-refractivity contribution in [2.45, 2.75) is 13.1 Å². The van der Waals surface area contributed by atoms with Crippen LogP contribution in [0, 0.1) is 0 Å². The zero-order valence-corrected chi connectivity index (χ0v) is 11.3. The Kier molecular flexibility index (Phi) is 5.52. The predicted molar refractivity (Wildman–Crippen MR) is 67.7 cm³/mol. The molecule has 9 heteroatoms. The van der Waals surface area contributed by atoms with Crippen molar-refractivity contribution in [3.05, 3.63) is 17.0 Å². The summed E-state index contributed by atoms with van der Waals surface area (Å²) in [4.78, 5) is 23.3. The highest BCUT2D eigenvalue weighted by Crippen LogP contribution is 2.25. The molecule has 0 fully saturated rings. The van der Waals surface area contributed by atoms with E-state index in [4.69, 9.17) is 5.11 Å². The first-order valence-electron chi connectivity index (χ1n) is 5.57. The van der Waals surface area contributed by atoms with Gasteiger partial charge in [-0.2, -0.15) is 13.2 Å². The molecule has 2 N–H and O–H groups in total. The molecule has 1 aromatic heterocycles. The largest absolute Gasteiger partial charge is 0.406 e. The fraction of sp³-hybridized carbons (Fsp3) is 0.455. The molecule has 1 aromatic rings. The van der Waals surface area contributed by atoms with E-state index in [0.29, 0.717) is 9.90 Å². The van der Waals surface area contributed by atoms with Crippen molar-refractivity contribution < 1.29 is 27.9 Å². The first-order chi connectivity index (χ1) is 9.23. The number of nitrogens with zero attached hydrogens (tertiary/aromatic N) is 1. The monoisotopic (exact) mass is 310 g/mol. The van der Waals surface area contributed by atoms with Gasteiger partial charge in [0.05, 0.1) is 16.5 Å². The molecule has 112 valence electrons. The van der Waals surface area contributed by atoms with Gasteiger partial charge in [0.2, 0.25) is 5.91 Å². The molecule has 20 heavy (non-hydrogen) atoms. The Morgan fingerprint density at radius 1 is 1.40 bits per heavy atom. The lowest BCUT2D eigenvalue weighted by Crippen LogP contribution is -2.40. The van der Waals surface area contributed by atoms with Crippen molar-refractivity contribution in [2.75, 3.05) is 25.0 Å². The summed E-state index contributed by atoms with van der Waals surface area (Å²) in [6, 6.07) is 2.77. The molecular weight excluding hydrogens is 297 g/mol. The Balaban J connectivity index is 2.83. The Morgan fingerprint density at radius 2 is 2.05 bits per heavy atom. The minimum Gasteiger partial charge on any atom is -0.395 e. The van der Waals surface area contributed by atoms with Crippen LogP contribution in [0.15, 0.2) is 12.1 Å². The lowest BCUT2D eigenvalue weighted by atomic mass is 10.3. The molecule has 0 spiro atoms. The third-order valence-corrected chi connectivity index (χ3v) is 3.13. The summed E-state index contributed by atoms with van der Waals surface area (Å²) < 4.78 is 37.1. The summed E-state index contributed by atoms with van der Waals surface area (Å²) in [7, 11) is 0. The third-order valence-electron chi connectivity index (χ3n) is 2.14. The number of anilines is 1. The number of amides is 2. The Labute approximate surface area is 117 Å². The van der Waals surface area contributed by atoms with E-state index in [-0.39, 0.29) is 10.8 Å². The van der Waals surface area contributed by atoms with Crippen molar-refractivity contribution in [1.29, 1.82) is 0 Å². The van der Waals surface area contributed by atoms with Gasteiger partial charge < -0.3 is 15.3 Å². The molecule has 0 radical (unpaired) electrons. The van der Waals surface area contributed by atoms with Crippen LogP contribution in [-0.4, -0.2) is 47.7 Å². The minimum atomic E-state index is -4.54. The summed E-state index contributed by atoms with van der Waals surface area (Å²) in [5, 5.41) is 11.5. The van der Waals surface area contributed by atoms with Crippen LogP contribution in [0.2, 0.25) is 0 Å². The van der Waals surface area contributed by atoms with Crippen LogP contribution < -0.4 is 5.32 Å². The fourth-order valence-electron chi connectivity index (χ4n) is 1.44. The number of aliphatic hydroxyl groups excluding tert-OH is 1. The predicted octanol–water partition coefficient (Wildman–Crippen LogP) is 1.70. The van der Waals surface area contributed by atoms with Crippen LogP contribution in [0.5, 0.6) is 0 Å². The molecule has 0 unspecified atom stereocenters. The van der Waals surface area contributed by atoms with E-state index < -0.39 is 31.8 Å². The van der Waals surface area contributed by atoms with Crippen molar-refractivity contribution in [3.8, 4) is 0 Å². The number of carbonyl (C=O) groups is 2. The van der Waals surface area contributed by atoms with E-state index >= 15 is 0 Å².